The van der Waals surface area contributed by atoms with E-state index in [9.17, 15) is 0 Å². The Kier molecular flexibility index (Phi) is 10.4. The lowest BCUT2D eigenvalue weighted by molar-refractivity contribution is 0.483. The largest absolute Gasteiger partial charge is 0.457 e. The van der Waals surface area contributed by atoms with Crippen molar-refractivity contribution in [1.29, 1.82) is 0 Å². The Morgan fingerprint density at radius 1 is 0.344 bits per heavy atom. The average molecular weight is 784 g/mol. The maximum absolute atomic E-state index is 6.29. The fraction of sp³-hybridized carbons (Fsp3) is 0.0175. The topological polar surface area (TPSA) is 46.5 Å². The van der Waals surface area contributed by atoms with Crippen LogP contribution < -0.4 is 10.1 Å². The van der Waals surface area contributed by atoms with Crippen LogP contribution in [0.1, 0.15) is 22.7 Å². The molecule has 0 radical (unpaired) electrons. The van der Waals surface area contributed by atoms with Gasteiger partial charge < -0.3 is 10.1 Å². The fourth-order valence-corrected chi connectivity index (χ4v) is 7.75. The van der Waals surface area contributed by atoms with E-state index in [-0.39, 0.29) is 6.04 Å². The van der Waals surface area contributed by atoms with Crippen molar-refractivity contribution in [2.24, 2.45) is 4.99 Å². The van der Waals surface area contributed by atoms with Crippen molar-refractivity contribution < 1.29 is 4.74 Å². The molecule has 1 aromatic heterocycles. The van der Waals surface area contributed by atoms with E-state index in [0.29, 0.717) is 0 Å². The zero-order valence-corrected chi connectivity index (χ0v) is 33.4. The first-order valence-corrected chi connectivity index (χ1v) is 20.6. The second-order valence-corrected chi connectivity index (χ2v) is 15.1. The van der Waals surface area contributed by atoms with Gasteiger partial charge >= 0.3 is 0 Å². The second-order valence-electron chi connectivity index (χ2n) is 15.1. The van der Waals surface area contributed by atoms with E-state index in [1.54, 1.807) is 0 Å². The highest BCUT2D eigenvalue weighted by atomic mass is 16.5. The third kappa shape index (κ3) is 8.43. The molecule has 10 rings (SSSR count). The highest BCUT2D eigenvalue weighted by Crippen LogP contribution is 2.34. The molecule has 0 saturated heterocycles. The first-order chi connectivity index (χ1) is 30.2. The molecule has 4 heteroatoms. The Morgan fingerprint density at radius 2 is 0.721 bits per heavy atom. The Hall–Kier alpha value is -8.08. The van der Waals surface area contributed by atoms with Crippen LogP contribution in [0.25, 0.3) is 61.6 Å². The molecule has 61 heavy (non-hydrogen) atoms. The molecule has 1 N–H and O–H groups in total. The standard InChI is InChI=1S/C57H41N3O/c1-5-13-40(14-6-1)50-37-53(45-15-7-2-8-16-45)58-54(38-50)47-25-21-41(22-26-47)43-29-33-51(34-30-43)61-52-35-31-44(32-36-52)42-23-27-48(28-24-42)56-39-55(46-17-9-3-10-18-46)59-57(60-56)49-19-11-4-12-20-49/h1-39,56H,(H,59,60). The van der Waals surface area contributed by atoms with E-state index in [4.69, 9.17) is 14.7 Å². The summed E-state index contributed by atoms with van der Waals surface area (Å²) >= 11 is 0. The molecule has 0 saturated carbocycles. The summed E-state index contributed by atoms with van der Waals surface area (Å²) in [5.41, 5.74) is 15.2. The van der Waals surface area contributed by atoms with Gasteiger partial charge in [-0.05, 0) is 87.0 Å². The molecule has 1 unspecified atom stereocenters. The fourth-order valence-electron chi connectivity index (χ4n) is 7.75. The Bertz CT molecular complexity index is 2890. The Labute approximate surface area is 356 Å². The zero-order chi connectivity index (χ0) is 40.8. The molecule has 1 atom stereocenters. The molecular weight excluding hydrogens is 743 g/mol. The van der Waals surface area contributed by atoms with Gasteiger partial charge in [-0.15, -0.1) is 0 Å². The summed E-state index contributed by atoms with van der Waals surface area (Å²) in [6.45, 7) is 0. The lowest BCUT2D eigenvalue weighted by Gasteiger charge is -2.24. The summed E-state index contributed by atoms with van der Waals surface area (Å²) in [6, 6.07) is 79.8. The van der Waals surface area contributed by atoms with Gasteiger partial charge in [0.25, 0.3) is 0 Å². The monoisotopic (exact) mass is 783 g/mol. The number of pyridine rings is 1. The minimum atomic E-state index is -0.0209. The maximum atomic E-state index is 6.29. The van der Waals surface area contributed by atoms with Crippen molar-refractivity contribution in [2.75, 3.05) is 0 Å². The zero-order valence-electron chi connectivity index (χ0n) is 33.4. The van der Waals surface area contributed by atoms with E-state index in [1.165, 1.54) is 11.1 Å². The third-order valence-corrected chi connectivity index (χ3v) is 11.0. The van der Waals surface area contributed by atoms with Crippen molar-refractivity contribution in [2.45, 2.75) is 6.04 Å². The Balaban J connectivity index is 0.812. The molecule has 0 aliphatic carbocycles. The van der Waals surface area contributed by atoms with Gasteiger partial charge in [0.15, 0.2) is 0 Å². The number of nitrogens with one attached hydrogen (secondary N) is 1. The number of aliphatic imine (C=N–C) groups is 1. The van der Waals surface area contributed by atoms with Crippen molar-refractivity contribution >= 4 is 11.5 Å². The molecule has 0 fully saturated rings. The minimum absolute atomic E-state index is 0.0209. The van der Waals surface area contributed by atoms with Crippen molar-refractivity contribution in [1.82, 2.24) is 10.3 Å². The molecule has 9 aromatic rings. The third-order valence-electron chi connectivity index (χ3n) is 11.0. The van der Waals surface area contributed by atoms with Crippen molar-refractivity contribution in [3.05, 3.63) is 253 Å². The van der Waals surface area contributed by atoms with Crippen LogP contribution in [0.5, 0.6) is 11.5 Å². The molecule has 8 aromatic carbocycles. The number of ether oxygens (including phenoxy) is 1. The van der Waals surface area contributed by atoms with Gasteiger partial charge in [-0.1, -0.05) is 194 Å². The number of rotatable bonds is 10. The van der Waals surface area contributed by atoms with Crippen molar-refractivity contribution in [3.63, 3.8) is 0 Å². The van der Waals surface area contributed by atoms with E-state index >= 15 is 0 Å². The smallest absolute Gasteiger partial charge is 0.134 e. The van der Waals surface area contributed by atoms with E-state index in [1.807, 2.05) is 60.7 Å². The van der Waals surface area contributed by atoms with Crippen LogP contribution >= 0.6 is 0 Å². The molecule has 0 spiro atoms. The van der Waals surface area contributed by atoms with Gasteiger partial charge in [-0.25, -0.2) is 9.98 Å². The number of aromatic nitrogens is 1. The van der Waals surface area contributed by atoms with Crippen LogP contribution in [0, 0.1) is 0 Å². The summed E-state index contributed by atoms with van der Waals surface area (Å²) in [4.78, 5) is 10.1. The molecule has 1 aliphatic heterocycles. The summed E-state index contributed by atoms with van der Waals surface area (Å²) in [5.74, 6) is 2.44. The van der Waals surface area contributed by atoms with Crippen molar-refractivity contribution in [3.8, 4) is 67.4 Å². The number of amidine groups is 1. The lowest BCUT2D eigenvalue weighted by atomic mass is 9.97. The highest BCUT2D eigenvalue weighted by Gasteiger charge is 2.20. The average Bonchev–Trinajstić information content (AvgIpc) is 3.35. The summed E-state index contributed by atoms with van der Waals surface area (Å²) in [5, 5.41) is 3.66. The first kappa shape index (κ1) is 37.2. The van der Waals surface area contributed by atoms with Gasteiger partial charge in [-0.2, -0.15) is 0 Å². The minimum Gasteiger partial charge on any atom is -0.457 e. The van der Waals surface area contributed by atoms with Crippen LogP contribution in [0.3, 0.4) is 0 Å². The molecular formula is C57H41N3O. The second kappa shape index (κ2) is 17.0. The highest BCUT2D eigenvalue weighted by molar-refractivity contribution is 6.03. The number of hydrogen-bond donors (Lipinski definition) is 1. The summed E-state index contributed by atoms with van der Waals surface area (Å²) < 4.78 is 6.29. The summed E-state index contributed by atoms with van der Waals surface area (Å²) in [6.07, 6.45) is 2.21. The predicted octanol–water partition coefficient (Wildman–Crippen LogP) is 14.3. The maximum Gasteiger partial charge on any atom is 0.134 e. The van der Waals surface area contributed by atoms with Gasteiger partial charge in [0.05, 0.1) is 23.1 Å². The van der Waals surface area contributed by atoms with Gasteiger partial charge in [0.2, 0.25) is 0 Å². The van der Waals surface area contributed by atoms with Gasteiger partial charge in [0, 0.05) is 16.7 Å². The van der Waals surface area contributed by atoms with Crippen LogP contribution in [-0.4, -0.2) is 10.8 Å². The van der Waals surface area contributed by atoms with E-state index in [2.05, 4.69) is 181 Å². The van der Waals surface area contributed by atoms with E-state index < -0.39 is 0 Å². The lowest BCUT2D eigenvalue weighted by Crippen LogP contribution is -2.31. The molecule has 0 bridgehead atoms. The molecule has 4 nitrogen and oxygen atoms in total. The molecule has 2 heterocycles. The normalized spacial score (nSPS) is 13.4. The number of hydrogen-bond acceptors (Lipinski definition) is 4. The predicted molar refractivity (Wildman–Crippen MR) is 251 cm³/mol. The van der Waals surface area contributed by atoms with Gasteiger partial charge in [0.1, 0.15) is 17.3 Å². The number of benzene rings is 8. The molecule has 0 amide bonds. The quantitative estimate of drug-likeness (QED) is 0.150. The van der Waals surface area contributed by atoms with Crippen LogP contribution in [0.4, 0.5) is 0 Å². The molecule has 1 aliphatic rings. The Morgan fingerprint density at radius 3 is 1.23 bits per heavy atom. The van der Waals surface area contributed by atoms with Crippen LogP contribution in [0.2, 0.25) is 0 Å². The summed E-state index contributed by atoms with van der Waals surface area (Å²) in [7, 11) is 0. The van der Waals surface area contributed by atoms with E-state index in [0.717, 1.165) is 84.5 Å². The first-order valence-electron chi connectivity index (χ1n) is 20.6. The van der Waals surface area contributed by atoms with Gasteiger partial charge in [-0.3, -0.25) is 0 Å². The van der Waals surface area contributed by atoms with Crippen LogP contribution in [-0.2, 0) is 0 Å². The van der Waals surface area contributed by atoms with Crippen LogP contribution in [0.15, 0.2) is 242 Å². The number of nitrogens with zero attached hydrogens (tertiary/aromatic N) is 2. The SMILES string of the molecule is C1=C(c2ccccc2)N=C(c2ccccc2)NC1c1ccc(-c2ccc(Oc3ccc(-c4ccc(-c5cc(-c6ccccc6)cc(-c6ccccc6)n5)cc4)cc3)cc2)cc1. The molecule has 290 valence electrons.